The molecule has 0 unspecified atom stereocenters. The van der Waals surface area contributed by atoms with E-state index in [0.29, 0.717) is 0 Å². The number of carboxylic acids is 1. The molecular weight excluding hydrogens is 424 g/mol. The van der Waals surface area contributed by atoms with Gasteiger partial charge >= 0.3 is 12.1 Å². The smallest absolute Gasteiger partial charge is 0.407 e. The number of aliphatic hydroxyl groups excluding tert-OH is 1. The van der Waals surface area contributed by atoms with Crippen LogP contribution >= 0.6 is 0 Å². The minimum Gasteiger partial charge on any atom is -0.480 e. The highest BCUT2D eigenvalue weighted by Gasteiger charge is 2.32. The normalized spacial score (nSPS) is 13.5. The number of aliphatic hydroxyl groups is 1. The fraction of sp³-hybridized carbons (Fsp3) is 0.400. The first-order valence-corrected chi connectivity index (χ1v) is 11.0. The van der Waals surface area contributed by atoms with Crippen LogP contribution in [0.15, 0.2) is 48.5 Å². The van der Waals surface area contributed by atoms with Crippen LogP contribution in [0.3, 0.4) is 0 Å². The van der Waals surface area contributed by atoms with Gasteiger partial charge in [-0.1, -0.05) is 62.4 Å². The summed E-state index contributed by atoms with van der Waals surface area (Å²) in [5.41, 5.74) is 3.63. The van der Waals surface area contributed by atoms with Crippen molar-refractivity contribution in [3.05, 3.63) is 59.7 Å². The van der Waals surface area contributed by atoms with Crippen LogP contribution in [0.1, 0.15) is 43.7 Å². The Labute approximate surface area is 193 Å². The molecule has 0 fully saturated rings. The number of ether oxygens (including phenoxy) is 1. The van der Waals surface area contributed by atoms with Crippen molar-refractivity contribution < 1.29 is 29.3 Å². The second-order valence-corrected chi connectivity index (χ2v) is 8.76. The van der Waals surface area contributed by atoms with E-state index in [4.69, 9.17) is 14.9 Å². The number of benzene rings is 2. The molecule has 1 aliphatic rings. The third kappa shape index (κ3) is 5.70. The van der Waals surface area contributed by atoms with Crippen molar-refractivity contribution in [3.63, 3.8) is 0 Å². The Morgan fingerprint density at radius 1 is 1.03 bits per heavy atom. The molecule has 8 nitrogen and oxygen atoms in total. The van der Waals surface area contributed by atoms with Gasteiger partial charge in [-0.2, -0.15) is 0 Å². The second kappa shape index (κ2) is 10.5. The molecule has 0 aliphatic heterocycles. The Balaban J connectivity index is 1.50. The van der Waals surface area contributed by atoms with Gasteiger partial charge in [0.25, 0.3) is 0 Å². The molecule has 3 rings (SSSR count). The van der Waals surface area contributed by atoms with Crippen LogP contribution in [-0.2, 0) is 14.3 Å². The van der Waals surface area contributed by atoms with Gasteiger partial charge in [0.15, 0.2) is 0 Å². The summed E-state index contributed by atoms with van der Waals surface area (Å²) in [5, 5.41) is 23.2. The van der Waals surface area contributed by atoms with Gasteiger partial charge in [-0.3, -0.25) is 4.79 Å². The Kier molecular flexibility index (Phi) is 7.71. The highest BCUT2D eigenvalue weighted by Crippen LogP contribution is 2.44. The summed E-state index contributed by atoms with van der Waals surface area (Å²) in [5.74, 6) is -1.70. The van der Waals surface area contributed by atoms with Crippen LogP contribution in [0, 0.1) is 5.41 Å². The van der Waals surface area contributed by atoms with E-state index in [9.17, 15) is 14.4 Å². The Morgan fingerprint density at radius 2 is 1.61 bits per heavy atom. The van der Waals surface area contributed by atoms with E-state index in [2.05, 4.69) is 22.8 Å². The first-order valence-electron chi connectivity index (χ1n) is 11.0. The predicted molar refractivity (Wildman–Crippen MR) is 123 cm³/mol. The number of fused-ring (bicyclic) bond motifs is 3. The number of hydrogen-bond donors (Lipinski definition) is 4. The number of carbonyl (C=O) groups excluding carboxylic acids is 2. The number of carboxylic acid groups (broad SMARTS) is 1. The van der Waals surface area contributed by atoms with Crippen LogP contribution in [0.5, 0.6) is 0 Å². The number of alkyl carbamates (subject to hydrolysis) is 1. The van der Waals surface area contributed by atoms with E-state index < -0.39 is 29.4 Å². The minimum atomic E-state index is -1.20. The Bertz CT molecular complexity index is 974. The number of rotatable bonds is 10. The van der Waals surface area contributed by atoms with Crippen molar-refractivity contribution in [1.82, 2.24) is 10.6 Å². The van der Waals surface area contributed by atoms with Gasteiger partial charge in [0.2, 0.25) is 5.91 Å². The summed E-state index contributed by atoms with van der Waals surface area (Å²) < 4.78 is 5.49. The number of hydrogen-bond acceptors (Lipinski definition) is 5. The third-order valence-electron chi connectivity index (χ3n) is 6.00. The highest BCUT2D eigenvalue weighted by molar-refractivity contribution is 5.87. The molecular formula is C25H30N2O6. The molecule has 0 aromatic heterocycles. The van der Waals surface area contributed by atoms with Crippen molar-refractivity contribution in [2.24, 2.45) is 5.41 Å². The predicted octanol–water partition coefficient (Wildman–Crippen LogP) is 2.89. The maximum Gasteiger partial charge on any atom is 0.407 e. The number of carbonyl (C=O) groups is 3. The van der Waals surface area contributed by atoms with Crippen LogP contribution in [0.2, 0.25) is 0 Å². The lowest BCUT2D eigenvalue weighted by atomic mass is 9.88. The zero-order chi connectivity index (χ0) is 24.0. The van der Waals surface area contributed by atoms with Crippen molar-refractivity contribution in [2.75, 3.05) is 19.8 Å². The van der Waals surface area contributed by atoms with Gasteiger partial charge in [0.05, 0.1) is 0 Å². The second-order valence-electron chi connectivity index (χ2n) is 8.76. The van der Waals surface area contributed by atoms with E-state index in [0.717, 1.165) is 22.3 Å². The van der Waals surface area contributed by atoms with E-state index >= 15 is 0 Å². The van der Waals surface area contributed by atoms with Crippen LogP contribution in [0.25, 0.3) is 11.1 Å². The molecule has 33 heavy (non-hydrogen) atoms. The monoisotopic (exact) mass is 454 g/mol. The van der Waals surface area contributed by atoms with Crippen molar-refractivity contribution >= 4 is 18.0 Å². The average molecular weight is 455 g/mol. The molecule has 4 N–H and O–H groups in total. The van der Waals surface area contributed by atoms with E-state index in [1.807, 2.05) is 36.4 Å². The van der Waals surface area contributed by atoms with Crippen molar-refractivity contribution in [2.45, 2.75) is 38.6 Å². The molecule has 2 aromatic carbocycles. The molecule has 0 saturated carbocycles. The molecule has 0 spiro atoms. The molecule has 0 bridgehead atoms. The van der Waals surface area contributed by atoms with Crippen molar-refractivity contribution in [3.8, 4) is 11.1 Å². The summed E-state index contributed by atoms with van der Waals surface area (Å²) in [7, 11) is 0. The maximum absolute atomic E-state index is 12.5. The topological polar surface area (TPSA) is 125 Å². The van der Waals surface area contributed by atoms with E-state index in [1.54, 1.807) is 13.8 Å². The SMILES string of the molecule is CC(C)(CCNC(=O)OCC1c2ccccc2-c2ccccc21)C(=O)N[C@@H](CCO)C(=O)O. The molecule has 176 valence electrons. The highest BCUT2D eigenvalue weighted by atomic mass is 16.5. The standard InChI is InChI=1S/C25H30N2O6/c1-25(2,23(31)27-21(11-14-28)22(29)30)12-13-26-24(32)33-15-20-18-9-5-3-7-16(18)17-8-4-6-10-19(17)20/h3-10,20-21,28H,11-15H2,1-2H3,(H,26,32)(H,27,31)(H,29,30)/t21-/m0/s1. The van der Waals surface area contributed by atoms with Crippen molar-refractivity contribution in [1.29, 1.82) is 0 Å². The third-order valence-corrected chi connectivity index (χ3v) is 6.00. The average Bonchev–Trinajstić information content (AvgIpc) is 3.11. The summed E-state index contributed by atoms with van der Waals surface area (Å²) in [6, 6.07) is 15.0. The van der Waals surface area contributed by atoms with Gasteiger partial charge in [-0.15, -0.1) is 0 Å². The molecule has 1 aliphatic carbocycles. The largest absolute Gasteiger partial charge is 0.480 e. The summed E-state index contributed by atoms with van der Waals surface area (Å²) in [6.45, 7) is 3.38. The minimum absolute atomic E-state index is 0.0372. The van der Waals surface area contributed by atoms with Gasteiger partial charge in [0.1, 0.15) is 12.6 Å². The summed E-state index contributed by atoms with van der Waals surface area (Å²) in [4.78, 5) is 35.9. The Hall–Kier alpha value is -3.39. The quantitative estimate of drug-likeness (QED) is 0.438. The summed E-state index contributed by atoms with van der Waals surface area (Å²) in [6.07, 6.45) is -0.360. The molecule has 8 heteroatoms. The first kappa shape index (κ1) is 24.3. The Morgan fingerprint density at radius 3 is 2.15 bits per heavy atom. The molecule has 0 heterocycles. The van der Waals surface area contributed by atoms with Gasteiger partial charge in [-0.25, -0.2) is 9.59 Å². The lowest BCUT2D eigenvalue weighted by Gasteiger charge is -2.26. The number of amides is 2. The fourth-order valence-electron chi connectivity index (χ4n) is 3.98. The van der Waals surface area contributed by atoms with Gasteiger partial charge in [-0.05, 0) is 28.7 Å². The maximum atomic E-state index is 12.5. The van der Waals surface area contributed by atoms with Crippen LogP contribution < -0.4 is 10.6 Å². The van der Waals surface area contributed by atoms with E-state index in [-0.39, 0.29) is 38.5 Å². The fourth-order valence-corrected chi connectivity index (χ4v) is 3.98. The first-order chi connectivity index (χ1) is 15.7. The molecule has 2 amide bonds. The van der Waals surface area contributed by atoms with E-state index in [1.165, 1.54) is 0 Å². The zero-order valence-corrected chi connectivity index (χ0v) is 18.8. The molecule has 2 aromatic rings. The number of aliphatic carboxylic acids is 1. The lowest BCUT2D eigenvalue weighted by Crippen LogP contribution is -2.47. The van der Waals surface area contributed by atoms with Crippen LogP contribution in [-0.4, -0.2) is 54.0 Å². The zero-order valence-electron chi connectivity index (χ0n) is 18.8. The lowest BCUT2D eigenvalue weighted by molar-refractivity contribution is -0.144. The van der Waals surface area contributed by atoms with Gasteiger partial charge < -0.3 is 25.6 Å². The van der Waals surface area contributed by atoms with Gasteiger partial charge in [0, 0.05) is 30.9 Å². The summed E-state index contributed by atoms with van der Waals surface area (Å²) >= 11 is 0. The van der Waals surface area contributed by atoms with Crippen LogP contribution in [0.4, 0.5) is 4.79 Å². The number of nitrogens with one attached hydrogen (secondary N) is 2. The molecule has 1 atom stereocenters. The molecule has 0 saturated heterocycles. The molecule has 0 radical (unpaired) electrons.